The fourth-order valence-electron chi connectivity index (χ4n) is 1.71. The van der Waals surface area contributed by atoms with Gasteiger partial charge in [0.25, 0.3) is 0 Å². The highest BCUT2D eigenvalue weighted by molar-refractivity contribution is 5.12. The average Bonchev–Trinajstić information content (AvgIpc) is 2.59. The molecular formula is C11H14N. The summed E-state index contributed by atoms with van der Waals surface area (Å²) in [5.41, 5.74) is 1.32. The van der Waals surface area contributed by atoms with Gasteiger partial charge in [-0.2, -0.15) is 0 Å². The number of benzene rings is 1. The molecule has 1 nitrogen and oxygen atoms in total. The molecule has 1 heterocycles. The summed E-state index contributed by atoms with van der Waals surface area (Å²) in [7, 11) is 0. The third-order valence-electron chi connectivity index (χ3n) is 2.37. The zero-order chi connectivity index (χ0) is 8.23. The quantitative estimate of drug-likeness (QED) is 0.640. The Morgan fingerprint density at radius 1 is 1.25 bits per heavy atom. The van der Waals surface area contributed by atoms with Crippen molar-refractivity contribution in [2.45, 2.75) is 19.4 Å². The van der Waals surface area contributed by atoms with Gasteiger partial charge < -0.3 is 0 Å². The van der Waals surface area contributed by atoms with Crippen molar-refractivity contribution in [3.8, 4) is 0 Å². The molecule has 63 valence electrons. The topological polar surface area (TPSA) is 3.24 Å². The molecule has 0 amide bonds. The van der Waals surface area contributed by atoms with Crippen LogP contribution in [-0.4, -0.2) is 18.0 Å². The van der Waals surface area contributed by atoms with E-state index in [9.17, 15) is 0 Å². The molecule has 1 fully saturated rings. The van der Waals surface area contributed by atoms with Gasteiger partial charge in [0, 0.05) is 6.54 Å². The normalized spacial score (nSPS) is 18.3. The van der Waals surface area contributed by atoms with Gasteiger partial charge in [-0.15, -0.1) is 0 Å². The molecule has 1 aliphatic rings. The Balaban J connectivity index is 1.94. The molecular weight excluding hydrogens is 146 g/mol. The average molecular weight is 160 g/mol. The van der Waals surface area contributed by atoms with Crippen LogP contribution in [0.4, 0.5) is 0 Å². The second-order valence-electron chi connectivity index (χ2n) is 3.37. The summed E-state index contributed by atoms with van der Waals surface area (Å²) in [6.07, 6.45) is 2.74. The van der Waals surface area contributed by atoms with Crippen LogP contribution in [0.3, 0.4) is 0 Å². The van der Waals surface area contributed by atoms with E-state index in [2.05, 4.69) is 23.1 Å². The van der Waals surface area contributed by atoms with Gasteiger partial charge in [0.05, 0.1) is 0 Å². The van der Waals surface area contributed by atoms with Gasteiger partial charge in [-0.1, -0.05) is 24.3 Å². The minimum Gasteiger partial charge on any atom is -0.299 e. The van der Waals surface area contributed by atoms with Crippen molar-refractivity contribution >= 4 is 0 Å². The lowest BCUT2D eigenvalue weighted by Crippen LogP contribution is -2.18. The second-order valence-corrected chi connectivity index (χ2v) is 3.37. The van der Waals surface area contributed by atoms with E-state index in [1.807, 2.05) is 12.1 Å². The summed E-state index contributed by atoms with van der Waals surface area (Å²) in [6, 6.07) is 11.5. The lowest BCUT2D eigenvalue weighted by atomic mass is 10.2. The SMILES string of the molecule is [c]1ccccc1CN1CCCC1. The molecule has 0 N–H and O–H groups in total. The fraction of sp³-hybridized carbons (Fsp3) is 0.455. The Kier molecular flexibility index (Phi) is 2.42. The van der Waals surface area contributed by atoms with E-state index in [0.29, 0.717) is 0 Å². The van der Waals surface area contributed by atoms with Crippen molar-refractivity contribution in [2.24, 2.45) is 0 Å². The van der Waals surface area contributed by atoms with Crippen LogP contribution in [-0.2, 0) is 6.54 Å². The number of nitrogens with zero attached hydrogens (tertiary/aromatic N) is 1. The molecule has 2 rings (SSSR count). The van der Waals surface area contributed by atoms with Crippen LogP contribution in [0.5, 0.6) is 0 Å². The van der Waals surface area contributed by atoms with Crippen LogP contribution in [0.15, 0.2) is 24.3 Å². The van der Waals surface area contributed by atoms with Crippen molar-refractivity contribution in [2.75, 3.05) is 13.1 Å². The Hall–Kier alpha value is -0.820. The van der Waals surface area contributed by atoms with E-state index in [4.69, 9.17) is 0 Å². The highest BCUT2D eigenvalue weighted by atomic mass is 15.1. The van der Waals surface area contributed by atoms with Gasteiger partial charge in [0.2, 0.25) is 0 Å². The van der Waals surface area contributed by atoms with Crippen molar-refractivity contribution in [1.82, 2.24) is 4.90 Å². The molecule has 12 heavy (non-hydrogen) atoms. The van der Waals surface area contributed by atoms with Crippen LogP contribution in [0.1, 0.15) is 18.4 Å². The first-order valence-corrected chi connectivity index (χ1v) is 4.63. The second kappa shape index (κ2) is 3.72. The van der Waals surface area contributed by atoms with Crippen LogP contribution in [0.25, 0.3) is 0 Å². The lowest BCUT2D eigenvalue weighted by molar-refractivity contribution is 0.331. The molecule has 1 heteroatoms. The van der Waals surface area contributed by atoms with Gasteiger partial charge in [-0.25, -0.2) is 0 Å². The third-order valence-corrected chi connectivity index (χ3v) is 2.37. The van der Waals surface area contributed by atoms with Crippen molar-refractivity contribution in [3.63, 3.8) is 0 Å². The smallest absolute Gasteiger partial charge is 0.0239 e. The van der Waals surface area contributed by atoms with Crippen molar-refractivity contribution < 1.29 is 0 Å². The minimum absolute atomic E-state index is 1.08. The van der Waals surface area contributed by atoms with Gasteiger partial charge in [0.1, 0.15) is 0 Å². The molecule has 0 bridgehead atoms. The molecule has 0 atom stereocenters. The zero-order valence-corrected chi connectivity index (χ0v) is 7.29. The van der Waals surface area contributed by atoms with Crippen LogP contribution in [0, 0.1) is 6.07 Å². The maximum atomic E-state index is 3.25. The molecule has 1 aromatic rings. The predicted molar refractivity (Wildman–Crippen MR) is 49.8 cm³/mol. The molecule has 0 saturated carbocycles. The van der Waals surface area contributed by atoms with Crippen LogP contribution in [0.2, 0.25) is 0 Å². The first kappa shape index (κ1) is 7.81. The molecule has 0 aromatic heterocycles. The number of likely N-dealkylation sites (tertiary alicyclic amines) is 1. The van der Waals surface area contributed by atoms with E-state index >= 15 is 0 Å². The Morgan fingerprint density at radius 3 is 2.75 bits per heavy atom. The summed E-state index contributed by atoms with van der Waals surface area (Å²) in [6.45, 7) is 3.62. The fourth-order valence-corrected chi connectivity index (χ4v) is 1.71. The van der Waals surface area contributed by atoms with E-state index in [1.165, 1.54) is 31.5 Å². The third kappa shape index (κ3) is 1.86. The van der Waals surface area contributed by atoms with Gasteiger partial charge in [-0.05, 0) is 37.6 Å². The van der Waals surface area contributed by atoms with Crippen LogP contribution < -0.4 is 0 Å². The van der Waals surface area contributed by atoms with E-state index in [0.717, 1.165) is 6.54 Å². The maximum absolute atomic E-state index is 3.25. The highest BCUT2D eigenvalue weighted by Gasteiger charge is 2.10. The van der Waals surface area contributed by atoms with Gasteiger partial charge in [-0.3, -0.25) is 4.90 Å². The van der Waals surface area contributed by atoms with E-state index in [1.54, 1.807) is 0 Å². The Labute approximate surface area is 74.0 Å². The standard InChI is InChI=1S/C11H14N/c1-2-6-11(7-3-1)10-12-8-4-5-9-12/h1-3,6H,4-5,8-10H2. The monoisotopic (exact) mass is 160 g/mol. The summed E-state index contributed by atoms with van der Waals surface area (Å²) in [5.74, 6) is 0. The minimum atomic E-state index is 1.08. The maximum Gasteiger partial charge on any atom is 0.0239 e. The summed E-state index contributed by atoms with van der Waals surface area (Å²) in [4.78, 5) is 2.49. The van der Waals surface area contributed by atoms with Gasteiger partial charge in [0.15, 0.2) is 0 Å². The van der Waals surface area contributed by atoms with Crippen molar-refractivity contribution in [3.05, 3.63) is 35.9 Å². The van der Waals surface area contributed by atoms with Gasteiger partial charge >= 0.3 is 0 Å². The number of rotatable bonds is 2. The number of hydrogen-bond acceptors (Lipinski definition) is 1. The van der Waals surface area contributed by atoms with Crippen molar-refractivity contribution in [1.29, 1.82) is 0 Å². The molecule has 0 aliphatic carbocycles. The first-order valence-electron chi connectivity index (χ1n) is 4.63. The summed E-state index contributed by atoms with van der Waals surface area (Å²) in [5, 5.41) is 0. The molecule has 1 aliphatic heterocycles. The number of hydrogen-bond donors (Lipinski definition) is 0. The lowest BCUT2D eigenvalue weighted by Gasteiger charge is -2.13. The molecule has 1 radical (unpaired) electrons. The van der Waals surface area contributed by atoms with E-state index < -0.39 is 0 Å². The Bertz CT molecular complexity index is 224. The zero-order valence-electron chi connectivity index (χ0n) is 7.29. The van der Waals surface area contributed by atoms with E-state index in [-0.39, 0.29) is 0 Å². The summed E-state index contributed by atoms with van der Waals surface area (Å²) >= 11 is 0. The molecule has 1 aromatic carbocycles. The molecule has 1 saturated heterocycles. The Morgan fingerprint density at radius 2 is 2.08 bits per heavy atom. The van der Waals surface area contributed by atoms with Crippen LogP contribution >= 0.6 is 0 Å². The summed E-state index contributed by atoms with van der Waals surface area (Å²) < 4.78 is 0. The molecule has 0 spiro atoms. The molecule has 0 unspecified atom stereocenters. The predicted octanol–water partition coefficient (Wildman–Crippen LogP) is 2.08. The largest absolute Gasteiger partial charge is 0.299 e. The first-order chi connectivity index (χ1) is 5.95. The highest BCUT2D eigenvalue weighted by Crippen LogP contribution is 2.11.